The van der Waals surface area contributed by atoms with Crippen molar-refractivity contribution in [1.82, 2.24) is 19.7 Å². The molecule has 0 aliphatic rings. The van der Waals surface area contributed by atoms with Gasteiger partial charge in [0.05, 0.1) is 10.9 Å². The molecular weight excluding hydrogens is 276 g/mol. The lowest BCUT2D eigenvalue weighted by molar-refractivity contribution is 0.810. The highest BCUT2D eigenvalue weighted by Gasteiger charge is 2.07. The Bertz CT molecular complexity index is 988. The number of hydrogen-bond acceptors (Lipinski definition) is 3. The molecule has 0 amide bonds. The fourth-order valence-electron chi connectivity index (χ4n) is 2.44. The summed E-state index contributed by atoms with van der Waals surface area (Å²) in [7, 11) is 0. The third-order valence-electron chi connectivity index (χ3n) is 3.52. The Labute approximate surface area is 125 Å². The van der Waals surface area contributed by atoms with Gasteiger partial charge in [0.15, 0.2) is 0 Å². The first-order chi connectivity index (χ1) is 10.8. The quantitative estimate of drug-likeness (QED) is 0.617. The second kappa shape index (κ2) is 4.96. The van der Waals surface area contributed by atoms with Gasteiger partial charge in [-0.2, -0.15) is 5.10 Å². The van der Waals surface area contributed by atoms with Crippen LogP contribution >= 0.6 is 0 Å². The summed E-state index contributed by atoms with van der Waals surface area (Å²) in [6, 6.07) is 17.4. The first-order valence-electron chi connectivity index (χ1n) is 6.91. The van der Waals surface area contributed by atoms with Gasteiger partial charge in [-0.3, -0.25) is 9.78 Å². The molecule has 2 aromatic heterocycles. The molecule has 0 fully saturated rings. The number of rotatable bonds is 2. The van der Waals surface area contributed by atoms with Gasteiger partial charge in [0.1, 0.15) is 0 Å². The highest BCUT2D eigenvalue weighted by molar-refractivity contribution is 5.84. The highest BCUT2D eigenvalue weighted by atomic mass is 16.1. The maximum Gasteiger partial charge on any atom is 0.260 e. The molecule has 4 rings (SSSR count). The second-order valence-electron chi connectivity index (χ2n) is 4.94. The van der Waals surface area contributed by atoms with E-state index in [-0.39, 0.29) is 5.56 Å². The fraction of sp³-hybridized carbons (Fsp3) is 0. The monoisotopic (exact) mass is 288 g/mol. The van der Waals surface area contributed by atoms with E-state index >= 15 is 0 Å². The molecule has 1 N–H and O–H groups in total. The zero-order valence-corrected chi connectivity index (χ0v) is 11.6. The van der Waals surface area contributed by atoms with Crippen LogP contribution in [0.15, 0.2) is 71.8 Å². The molecular formula is C17H12N4O. The van der Waals surface area contributed by atoms with E-state index in [1.807, 2.05) is 48.5 Å². The maximum absolute atomic E-state index is 12.3. The Morgan fingerprint density at radius 3 is 2.59 bits per heavy atom. The molecule has 4 aromatic rings. The van der Waals surface area contributed by atoms with Gasteiger partial charge in [0.25, 0.3) is 5.56 Å². The minimum atomic E-state index is -0.173. The van der Waals surface area contributed by atoms with Gasteiger partial charge in [-0.25, -0.2) is 9.67 Å². The average molecular weight is 288 g/mol. The lowest BCUT2D eigenvalue weighted by atomic mass is 10.0. The number of fused-ring (bicyclic) bond motifs is 1. The number of nitrogens with one attached hydrogen (secondary N) is 1. The van der Waals surface area contributed by atoms with E-state index in [0.717, 1.165) is 11.1 Å². The van der Waals surface area contributed by atoms with Crippen molar-refractivity contribution in [3.63, 3.8) is 0 Å². The third kappa shape index (κ3) is 2.09. The minimum Gasteiger partial charge on any atom is -0.290 e. The molecule has 5 nitrogen and oxygen atoms in total. The molecule has 22 heavy (non-hydrogen) atoms. The number of H-pyrrole nitrogens is 1. The van der Waals surface area contributed by atoms with Crippen molar-refractivity contribution in [2.45, 2.75) is 0 Å². The summed E-state index contributed by atoms with van der Waals surface area (Å²) < 4.78 is 1.53. The predicted octanol–water partition coefficient (Wildman–Crippen LogP) is 2.78. The van der Waals surface area contributed by atoms with Crippen molar-refractivity contribution in [3.05, 3.63) is 77.3 Å². The van der Waals surface area contributed by atoms with Crippen molar-refractivity contribution in [2.24, 2.45) is 0 Å². The number of benzene rings is 2. The zero-order chi connectivity index (χ0) is 14.9. The Kier molecular flexibility index (Phi) is 2.83. The molecule has 5 heteroatoms. The van der Waals surface area contributed by atoms with Crippen LogP contribution in [-0.4, -0.2) is 19.7 Å². The molecule has 0 spiro atoms. The second-order valence-corrected chi connectivity index (χ2v) is 4.94. The maximum atomic E-state index is 12.3. The van der Waals surface area contributed by atoms with E-state index in [1.54, 1.807) is 18.5 Å². The van der Waals surface area contributed by atoms with Gasteiger partial charge in [0, 0.05) is 12.4 Å². The van der Waals surface area contributed by atoms with E-state index in [2.05, 4.69) is 15.1 Å². The van der Waals surface area contributed by atoms with Gasteiger partial charge in [-0.05, 0) is 29.3 Å². The summed E-state index contributed by atoms with van der Waals surface area (Å²) in [5, 5.41) is 4.65. The molecule has 2 aromatic carbocycles. The van der Waals surface area contributed by atoms with E-state index < -0.39 is 0 Å². The summed E-state index contributed by atoms with van der Waals surface area (Å²) in [4.78, 5) is 19.6. The molecule has 0 atom stereocenters. The van der Waals surface area contributed by atoms with E-state index in [9.17, 15) is 4.79 Å². The van der Waals surface area contributed by atoms with Crippen LogP contribution in [0.3, 0.4) is 0 Å². The Balaban J connectivity index is 1.90. The molecule has 0 aliphatic carbocycles. The van der Waals surface area contributed by atoms with Gasteiger partial charge in [0.2, 0.25) is 5.95 Å². The smallest absolute Gasteiger partial charge is 0.260 e. The molecule has 0 unspecified atom stereocenters. The van der Waals surface area contributed by atoms with Crippen LogP contribution in [-0.2, 0) is 0 Å². The SMILES string of the molecule is O=c1[nH]c(-n2cccn2)nc2ccc(-c3ccccc3)cc12. The largest absolute Gasteiger partial charge is 0.290 e. The standard InChI is InChI=1S/C17H12N4O/c22-16-14-11-13(12-5-2-1-3-6-12)7-8-15(14)19-17(20-16)21-10-4-9-18-21/h1-11H,(H,19,20,22). The van der Waals surface area contributed by atoms with E-state index in [1.165, 1.54) is 4.68 Å². The van der Waals surface area contributed by atoms with Gasteiger partial charge in [-0.15, -0.1) is 0 Å². The predicted molar refractivity (Wildman–Crippen MR) is 84.9 cm³/mol. The zero-order valence-electron chi connectivity index (χ0n) is 11.6. The Morgan fingerprint density at radius 2 is 1.82 bits per heavy atom. The molecule has 0 bridgehead atoms. The van der Waals surface area contributed by atoms with Crippen LogP contribution in [0.4, 0.5) is 0 Å². The first kappa shape index (κ1) is 12.5. The molecule has 0 aliphatic heterocycles. The number of hydrogen-bond donors (Lipinski definition) is 1. The van der Waals surface area contributed by atoms with Crippen LogP contribution in [0.25, 0.3) is 28.0 Å². The lowest BCUT2D eigenvalue weighted by Gasteiger charge is -2.05. The normalized spacial score (nSPS) is 10.9. The van der Waals surface area contributed by atoms with Crippen molar-refractivity contribution in [3.8, 4) is 17.1 Å². The van der Waals surface area contributed by atoms with Gasteiger partial charge in [-0.1, -0.05) is 36.4 Å². The topological polar surface area (TPSA) is 63.6 Å². The van der Waals surface area contributed by atoms with E-state index in [4.69, 9.17) is 0 Å². The lowest BCUT2D eigenvalue weighted by Crippen LogP contribution is -2.13. The summed E-state index contributed by atoms with van der Waals surface area (Å²) in [5.41, 5.74) is 2.54. The number of nitrogens with zero attached hydrogens (tertiary/aromatic N) is 3. The van der Waals surface area contributed by atoms with Crippen LogP contribution in [0.5, 0.6) is 0 Å². The van der Waals surface area contributed by atoms with Gasteiger partial charge >= 0.3 is 0 Å². The summed E-state index contributed by atoms with van der Waals surface area (Å²) in [6.45, 7) is 0. The van der Waals surface area contributed by atoms with Crippen LogP contribution in [0.2, 0.25) is 0 Å². The molecule has 0 saturated carbocycles. The highest BCUT2D eigenvalue weighted by Crippen LogP contribution is 2.21. The van der Waals surface area contributed by atoms with Crippen molar-refractivity contribution in [1.29, 1.82) is 0 Å². The summed E-state index contributed by atoms with van der Waals surface area (Å²) in [6.07, 6.45) is 3.38. The van der Waals surface area contributed by atoms with Crippen molar-refractivity contribution < 1.29 is 0 Å². The van der Waals surface area contributed by atoms with Crippen LogP contribution in [0, 0.1) is 0 Å². The molecule has 0 radical (unpaired) electrons. The van der Waals surface area contributed by atoms with Crippen LogP contribution in [0.1, 0.15) is 0 Å². The fourth-order valence-corrected chi connectivity index (χ4v) is 2.44. The van der Waals surface area contributed by atoms with Crippen molar-refractivity contribution in [2.75, 3.05) is 0 Å². The van der Waals surface area contributed by atoms with Crippen molar-refractivity contribution >= 4 is 10.9 Å². The number of aromatic amines is 1. The van der Waals surface area contributed by atoms with Crippen LogP contribution < -0.4 is 5.56 Å². The number of aromatic nitrogens is 4. The Hall–Kier alpha value is -3.21. The minimum absolute atomic E-state index is 0.173. The van der Waals surface area contributed by atoms with E-state index in [0.29, 0.717) is 16.9 Å². The Morgan fingerprint density at radius 1 is 0.955 bits per heavy atom. The first-order valence-corrected chi connectivity index (χ1v) is 6.91. The molecule has 106 valence electrons. The summed E-state index contributed by atoms with van der Waals surface area (Å²) >= 11 is 0. The molecule has 0 saturated heterocycles. The average Bonchev–Trinajstić information content (AvgIpc) is 3.10. The summed E-state index contributed by atoms with van der Waals surface area (Å²) in [5.74, 6) is 0.412. The van der Waals surface area contributed by atoms with Gasteiger partial charge < -0.3 is 0 Å². The molecule has 2 heterocycles. The third-order valence-corrected chi connectivity index (χ3v) is 3.52.